The summed E-state index contributed by atoms with van der Waals surface area (Å²) in [6.45, 7) is 3.59. The summed E-state index contributed by atoms with van der Waals surface area (Å²) < 4.78 is 0. The second-order valence-corrected chi connectivity index (χ2v) is 10.2. The highest BCUT2D eigenvalue weighted by Crippen LogP contribution is 2.11. The summed E-state index contributed by atoms with van der Waals surface area (Å²) in [5.41, 5.74) is 5.58. The molecule has 1 fully saturated rings. The monoisotopic (exact) mass is 627 g/mol. The summed E-state index contributed by atoms with van der Waals surface area (Å²) in [6.07, 6.45) is 2.55. The third kappa shape index (κ3) is 12.9. The number of carbonyl (C=O) groups excluding carboxylic acids is 6. The van der Waals surface area contributed by atoms with Crippen molar-refractivity contribution in [1.29, 1.82) is 5.41 Å². The maximum absolute atomic E-state index is 13.1. The minimum atomic E-state index is -1.55. The molecule has 4 unspecified atom stereocenters. The van der Waals surface area contributed by atoms with Crippen LogP contribution in [0.25, 0.3) is 0 Å². The molecule has 0 aromatic rings. The molecule has 248 valence electrons. The summed E-state index contributed by atoms with van der Waals surface area (Å²) in [5.74, 6) is -4.72. The highest BCUT2D eigenvalue weighted by atomic mass is 16.5. The average Bonchev–Trinajstić information content (AvgIpc) is 2.97. The number of aliphatic hydroxyl groups excluding tert-OH is 1. The number of rotatable bonds is 17. The lowest BCUT2D eigenvalue weighted by atomic mass is 10.0. The van der Waals surface area contributed by atoms with E-state index >= 15 is 0 Å². The van der Waals surface area contributed by atoms with Gasteiger partial charge in [0.15, 0.2) is 5.96 Å². The molecule has 44 heavy (non-hydrogen) atoms. The zero-order valence-corrected chi connectivity index (χ0v) is 25.2. The predicted molar refractivity (Wildman–Crippen MR) is 155 cm³/mol. The van der Waals surface area contributed by atoms with Crippen LogP contribution < -0.4 is 32.3 Å². The van der Waals surface area contributed by atoms with Crippen LogP contribution in [0.1, 0.15) is 59.3 Å². The molecule has 11 N–H and O–H groups in total. The van der Waals surface area contributed by atoms with Crippen molar-refractivity contribution in [2.24, 2.45) is 5.73 Å². The normalized spacial score (nSPS) is 17.0. The lowest BCUT2D eigenvalue weighted by Crippen LogP contribution is -2.59. The Morgan fingerprint density at radius 1 is 1.05 bits per heavy atom. The van der Waals surface area contributed by atoms with E-state index in [1.54, 1.807) is 6.92 Å². The van der Waals surface area contributed by atoms with Gasteiger partial charge in [-0.05, 0) is 52.4 Å². The van der Waals surface area contributed by atoms with Crippen LogP contribution in [0.4, 0.5) is 0 Å². The lowest BCUT2D eigenvalue weighted by Gasteiger charge is -2.30. The second kappa shape index (κ2) is 19.1. The van der Waals surface area contributed by atoms with Gasteiger partial charge in [-0.1, -0.05) is 6.08 Å². The molecule has 0 spiro atoms. The van der Waals surface area contributed by atoms with Crippen LogP contribution in [0.3, 0.4) is 0 Å². The van der Waals surface area contributed by atoms with Crippen LogP contribution in [0.2, 0.25) is 0 Å². The van der Waals surface area contributed by atoms with Crippen LogP contribution in [-0.4, -0.2) is 117 Å². The van der Waals surface area contributed by atoms with Gasteiger partial charge in [0.25, 0.3) is 5.91 Å². The van der Waals surface area contributed by atoms with Gasteiger partial charge < -0.3 is 37.4 Å². The van der Waals surface area contributed by atoms with Gasteiger partial charge in [0.2, 0.25) is 29.5 Å². The van der Waals surface area contributed by atoms with E-state index in [0.29, 0.717) is 22.1 Å². The van der Waals surface area contributed by atoms with E-state index in [1.807, 2.05) is 0 Å². The molecule has 0 aliphatic carbocycles. The molecular weight excluding hydrogens is 582 g/mol. The summed E-state index contributed by atoms with van der Waals surface area (Å²) >= 11 is 0. The van der Waals surface area contributed by atoms with Crippen LogP contribution in [0.5, 0.6) is 0 Å². The van der Waals surface area contributed by atoms with Crippen molar-refractivity contribution in [2.45, 2.75) is 83.5 Å². The molecule has 6 amide bonds. The largest absolute Gasteiger partial charge is 0.394 e. The molecule has 0 aromatic carbocycles. The van der Waals surface area contributed by atoms with Gasteiger partial charge in [0.05, 0.1) is 6.61 Å². The first kappa shape index (κ1) is 37.7. The Hall–Kier alpha value is -4.29. The Balaban J connectivity index is 3.02. The number of nitrogens with one attached hydrogen (secondary N) is 6. The Labute approximate surface area is 255 Å². The number of aliphatic hydroxyl groups is 1. The van der Waals surface area contributed by atoms with Gasteiger partial charge in [-0.15, -0.1) is 0 Å². The minimum absolute atomic E-state index is 0.0167. The number of nitrogens with zero attached hydrogens (tertiary/aromatic N) is 2. The zero-order chi connectivity index (χ0) is 33.4. The van der Waals surface area contributed by atoms with Gasteiger partial charge in [-0.2, -0.15) is 0 Å². The maximum atomic E-state index is 13.1. The van der Waals surface area contributed by atoms with E-state index in [0.717, 1.165) is 6.92 Å². The molecule has 0 bridgehead atoms. The molecule has 1 heterocycles. The van der Waals surface area contributed by atoms with Crippen molar-refractivity contribution in [1.82, 2.24) is 36.7 Å². The van der Waals surface area contributed by atoms with Crippen molar-refractivity contribution in [3.05, 3.63) is 11.6 Å². The van der Waals surface area contributed by atoms with Crippen molar-refractivity contribution in [3.8, 4) is 0 Å². The molecule has 18 heteroatoms. The summed E-state index contributed by atoms with van der Waals surface area (Å²) in [4.78, 5) is 75.3. The predicted octanol–water partition coefficient (Wildman–Crippen LogP) is -2.82. The molecule has 0 saturated carbocycles. The standard InChI is InChI=1S/C26H45N9O9/c1-4-15(2)21(38)30-18(9-6-12-34(43)16(3)37)23(40)33-20(14-36)24(41)31-17(8-5-11-29-26(27)28)22(39)32-19-10-7-13-35(44)25(19)42/h4,17-20,36,43-44H,5-14H2,1-3H3,(H,30,38)(H,31,41)(H,32,39)(H,33,40)(H4,27,28,29)/b15-4-. The molecule has 1 aliphatic heterocycles. The van der Waals surface area contributed by atoms with E-state index in [2.05, 4.69) is 26.6 Å². The van der Waals surface area contributed by atoms with Gasteiger partial charge in [-0.25, -0.2) is 10.1 Å². The number of nitrogens with two attached hydrogens (primary N) is 1. The lowest BCUT2D eigenvalue weighted by molar-refractivity contribution is -0.173. The SMILES string of the molecule is C/C=C(/C)C(=O)NC(CCCN(O)C(C)=O)C(=O)NC(CO)C(=O)NC(CCCNC(=N)N)C(=O)NC1CCCN(O)C1=O. The maximum Gasteiger partial charge on any atom is 0.268 e. The molecule has 0 radical (unpaired) electrons. The van der Waals surface area contributed by atoms with Crippen molar-refractivity contribution < 1.29 is 44.3 Å². The van der Waals surface area contributed by atoms with Crippen LogP contribution in [0, 0.1) is 5.41 Å². The number of carbonyl (C=O) groups is 6. The van der Waals surface area contributed by atoms with Crippen molar-refractivity contribution in [2.75, 3.05) is 26.2 Å². The first-order valence-corrected chi connectivity index (χ1v) is 14.2. The van der Waals surface area contributed by atoms with Crippen molar-refractivity contribution >= 4 is 41.4 Å². The van der Waals surface area contributed by atoms with Gasteiger partial charge in [0, 0.05) is 32.1 Å². The Morgan fingerprint density at radius 3 is 2.23 bits per heavy atom. The Bertz CT molecular complexity index is 1090. The number of guanidine groups is 1. The smallest absolute Gasteiger partial charge is 0.268 e. The zero-order valence-electron chi connectivity index (χ0n) is 25.2. The Morgan fingerprint density at radius 2 is 1.64 bits per heavy atom. The fourth-order valence-corrected chi connectivity index (χ4v) is 4.08. The van der Waals surface area contributed by atoms with Gasteiger partial charge in [-0.3, -0.25) is 44.6 Å². The number of amides is 6. The van der Waals surface area contributed by atoms with E-state index in [4.69, 9.17) is 11.1 Å². The average molecular weight is 628 g/mol. The molecule has 0 aromatic heterocycles. The molecule has 1 rings (SSSR count). The van der Waals surface area contributed by atoms with E-state index in [-0.39, 0.29) is 57.7 Å². The summed E-state index contributed by atoms with van der Waals surface area (Å²) in [7, 11) is 0. The van der Waals surface area contributed by atoms with Crippen LogP contribution >= 0.6 is 0 Å². The third-order valence-corrected chi connectivity index (χ3v) is 6.80. The quantitative estimate of drug-likeness (QED) is 0.0196. The fourth-order valence-electron chi connectivity index (χ4n) is 4.08. The second-order valence-electron chi connectivity index (χ2n) is 10.2. The van der Waals surface area contributed by atoms with E-state index in [9.17, 15) is 44.3 Å². The molecule has 1 saturated heterocycles. The number of piperidine rings is 1. The molecule has 4 atom stereocenters. The summed E-state index contributed by atoms with van der Waals surface area (Å²) in [6, 6.07) is -5.02. The van der Waals surface area contributed by atoms with Crippen LogP contribution in [-0.2, 0) is 28.8 Å². The number of allylic oxidation sites excluding steroid dienone is 1. The number of hydrogen-bond acceptors (Lipinski definition) is 10. The highest BCUT2D eigenvalue weighted by Gasteiger charge is 2.33. The molecular formula is C26H45N9O9. The van der Waals surface area contributed by atoms with E-state index < -0.39 is 66.2 Å². The Kier molecular flexibility index (Phi) is 16.4. The van der Waals surface area contributed by atoms with Crippen molar-refractivity contribution in [3.63, 3.8) is 0 Å². The number of hydroxylamine groups is 4. The number of hydrogen-bond donors (Lipinski definition) is 10. The van der Waals surface area contributed by atoms with E-state index in [1.165, 1.54) is 13.0 Å². The summed E-state index contributed by atoms with van der Waals surface area (Å²) in [5, 5.41) is 49.9. The van der Waals surface area contributed by atoms with Gasteiger partial charge >= 0.3 is 0 Å². The first-order chi connectivity index (χ1) is 20.7. The third-order valence-electron chi connectivity index (χ3n) is 6.80. The fraction of sp³-hybridized carbons (Fsp3) is 0.654. The topological polar surface area (TPSA) is 280 Å². The molecule has 1 aliphatic rings. The van der Waals surface area contributed by atoms with Gasteiger partial charge in [0.1, 0.15) is 24.2 Å². The highest BCUT2D eigenvalue weighted by molar-refractivity contribution is 5.98. The first-order valence-electron chi connectivity index (χ1n) is 14.2. The van der Waals surface area contributed by atoms with Crippen LogP contribution in [0.15, 0.2) is 11.6 Å². The molecule has 18 nitrogen and oxygen atoms in total. The minimum Gasteiger partial charge on any atom is -0.394 e.